The first-order chi connectivity index (χ1) is 13.9. The highest BCUT2D eigenvalue weighted by Gasteiger charge is 2.36. The fourth-order valence-corrected chi connectivity index (χ4v) is 4.85. The number of hydrogen-bond acceptors (Lipinski definition) is 6. The van der Waals surface area contributed by atoms with Crippen LogP contribution in [0.5, 0.6) is 0 Å². The Labute approximate surface area is 173 Å². The third-order valence-corrected chi connectivity index (χ3v) is 6.75. The lowest BCUT2D eigenvalue weighted by Crippen LogP contribution is -2.56. The predicted molar refractivity (Wildman–Crippen MR) is 108 cm³/mol. The highest BCUT2D eigenvalue weighted by Crippen LogP contribution is 2.38. The van der Waals surface area contributed by atoms with Gasteiger partial charge in [-0.05, 0) is 31.1 Å². The molecule has 29 heavy (non-hydrogen) atoms. The number of halogens is 3. The van der Waals surface area contributed by atoms with E-state index in [1.165, 1.54) is 21.4 Å². The molecule has 0 unspecified atom stereocenters. The number of anilines is 1. The number of carbonyl (C=O) groups is 1. The van der Waals surface area contributed by atoms with E-state index in [2.05, 4.69) is 16.1 Å². The van der Waals surface area contributed by atoms with Gasteiger partial charge in [-0.3, -0.25) is 14.8 Å². The standard InChI is InChI=1S/C18H18F3N5OS2/c1-2-25-16(24-7-5-12(6-8-24)13-9-22-11-28-13)23-10-26(17(25)27)15-4-3-14(29-15)18(19,20)21/h3-5,9,11H,2,6-8,10H2,1H3. The van der Waals surface area contributed by atoms with Crippen LogP contribution in [0.1, 0.15) is 23.1 Å². The number of hydrogen-bond donors (Lipinski definition) is 0. The lowest BCUT2D eigenvalue weighted by atomic mass is 10.1. The Bertz CT molecular complexity index is 951. The Morgan fingerprint density at radius 1 is 1.28 bits per heavy atom. The maximum atomic E-state index is 13.0. The highest BCUT2D eigenvalue weighted by molar-refractivity contribution is 7.16. The van der Waals surface area contributed by atoms with Crippen LogP contribution in [0, 0.1) is 0 Å². The predicted octanol–water partition coefficient (Wildman–Crippen LogP) is 4.59. The van der Waals surface area contributed by atoms with E-state index in [1.54, 1.807) is 16.8 Å². The van der Waals surface area contributed by atoms with E-state index in [-0.39, 0.29) is 17.7 Å². The number of thiophene rings is 1. The van der Waals surface area contributed by atoms with Crippen molar-refractivity contribution in [3.63, 3.8) is 0 Å². The van der Waals surface area contributed by atoms with Crippen LogP contribution >= 0.6 is 22.7 Å². The molecule has 0 aliphatic carbocycles. The summed E-state index contributed by atoms with van der Waals surface area (Å²) < 4.78 is 38.7. The number of aliphatic imine (C=N–C) groups is 1. The maximum absolute atomic E-state index is 13.0. The molecule has 154 valence electrons. The van der Waals surface area contributed by atoms with E-state index < -0.39 is 11.1 Å². The number of rotatable bonds is 3. The molecule has 0 saturated heterocycles. The Morgan fingerprint density at radius 3 is 2.69 bits per heavy atom. The van der Waals surface area contributed by atoms with Crippen molar-refractivity contribution in [2.45, 2.75) is 19.5 Å². The number of thiazole rings is 1. The molecule has 2 aliphatic rings. The number of urea groups is 1. The van der Waals surface area contributed by atoms with Crippen LogP contribution < -0.4 is 4.90 Å². The highest BCUT2D eigenvalue weighted by atomic mass is 32.1. The van der Waals surface area contributed by atoms with Crippen LogP contribution in [0.4, 0.5) is 23.0 Å². The van der Waals surface area contributed by atoms with Gasteiger partial charge in [-0.25, -0.2) is 9.79 Å². The largest absolute Gasteiger partial charge is 0.425 e. The first-order valence-electron chi connectivity index (χ1n) is 9.02. The van der Waals surface area contributed by atoms with Gasteiger partial charge in [0.25, 0.3) is 0 Å². The number of carbonyl (C=O) groups excluding carboxylic acids is 1. The van der Waals surface area contributed by atoms with E-state index in [1.807, 2.05) is 18.0 Å². The molecule has 6 nitrogen and oxygen atoms in total. The van der Waals surface area contributed by atoms with Gasteiger partial charge >= 0.3 is 12.2 Å². The quantitative estimate of drug-likeness (QED) is 0.700. The molecule has 2 aromatic heterocycles. The Hall–Kier alpha value is -2.40. The molecule has 0 bridgehead atoms. The molecule has 0 fully saturated rings. The van der Waals surface area contributed by atoms with Crippen LogP contribution in [-0.2, 0) is 6.18 Å². The fourth-order valence-electron chi connectivity index (χ4n) is 3.30. The summed E-state index contributed by atoms with van der Waals surface area (Å²) in [4.78, 5) is 26.9. The lowest BCUT2D eigenvalue weighted by molar-refractivity contribution is -0.134. The normalized spacial score (nSPS) is 18.2. The van der Waals surface area contributed by atoms with Gasteiger partial charge in [-0.2, -0.15) is 13.2 Å². The van der Waals surface area contributed by atoms with Gasteiger partial charge in [0.15, 0.2) is 0 Å². The van der Waals surface area contributed by atoms with Gasteiger partial charge < -0.3 is 4.90 Å². The number of aromatic nitrogens is 1. The summed E-state index contributed by atoms with van der Waals surface area (Å²) >= 11 is 2.15. The molecule has 0 radical (unpaired) electrons. The average Bonchev–Trinajstić information content (AvgIpc) is 3.40. The van der Waals surface area contributed by atoms with Gasteiger partial charge in [0.1, 0.15) is 16.5 Å². The molecule has 2 aromatic rings. The van der Waals surface area contributed by atoms with E-state index in [4.69, 9.17) is 0 Å². The molecule has 4 heterocycles. The zero-order valence-corrected chi connectivity index (χ0v) is 17.1. The Morgan fingerprint density at radius 2 is 2.10 bits per heavy atom. The topological polar surface area (TPSA) is 52.0 Å². The SMILES string of the molecule is CCN1C(=O)N(c2ccc(C(F)(F)F)s2)CN=C1N1CC=C(c2cncs2)CC1. The van der Waals surface area contributed by atoms with Gasteiger partial charge in [0, 0.05) is 30.7 Å². The van der Waals surface area contributed by atoms with Crippen molar-refractivity contribution in [1.29, 1.82) is 0 Å². The molecule has 11 heteroatoms. The minimum absolute atomic E-state index is 0.00436. The summed E-state index contributed by atoms with van der Waals surface area (Å²) in [5.41, 5.74) is 3.03. The van der Waals surface area contributed by atoms with Gasteiger partial charge in [-0.1, -0.05) is 6.08 Å². The minimum atomic E-state index is -4.42. The molecule has 0 N–H and O–H groups in total. The van der Waals surface area contributed by atoms with Crippen molar-refractivity contribution in [3.8, 4) is 0 Å². The number of nitrogens with zero attached hydrogens (tertiary/aromatic N) is 5. The van der Waals surface area contributed by atoms with E-state index in [0.717, 1.165) is 17.4 Å². The minimum Gasteiger partial charge on any atom is -0.338 e. The molecular weight excluding hydrogens is 423 g/mol. The summed E-state index contributed by atoms with van der Waals surface area (Å²) in [5.74, 6) is 0.570. The van der Waals surface area contributed by atoms with Crippen molar-refractivity contribution >= 4 is 45.2 Å². The summed E-state index contributed by atoms with van der Waals surface area (Å²) in [7, 11) is 0. The Balaban J connectivity index is 1.53. The van der Waals surface area contributed by atoms with Crippen LogP contribution in [-0.4, -0.2) is 53.1 Å². The second-order valence-corrected chi connectivity index (χ2v) is 8.43. The Kier molecular flexibility index (Phi) is 5.34. The van der Waals surface area contributed by atoms with Crippen molar-refractivity contribution in [3.05, 3.63) is 39.7 Å². The van der Waals surface area contributed by atoms with Gasteiger partial charge in [0.2, 0.25) is 5.96 Å². The summed E-state index contributed by atoms with van der Waals surface area (Å²) in [6.07, 6.45) is 0.354. The monoisotopic (exact) mass is 441 g/mol. The zero-order chi connectivity index (χ0) is 20.6. The van der Waals surface area contributed by atoms with Gasteiger partial charge in [-0.15, -0.1) is 22.7 Å². The number of amides is 2. The van der Waals surface area contributed by atoms with E-state index in [0.29, 0.717) is 36.9 Å². The van der Waals surface area contributed by atoms with Crippen molar-refractivity contribution in [2.75, 3.05) is 31.2 Å². The molecule has 0 spiro atoms. The average molecular weight is 442 g/mol. The second-order valence-electron chi connectivity index (χ2n) is 6.48. The van der Waals surface area contributed by atoms with E-state index >= 15 is 0 Å². The molecule has 0 saturated carbocycles. The van der Waals surface area contributed by atoms with Crippen molar-refractivity contribution in [2.24, 2.45) is 4.99 Å². The third kappa shape index (κ3) is 3.88. The van der Waals surface area contributed by atoms with Gasteiger partial charge in [0.05, 0.1) is 5.51 Å². The number of guanidine groups is 1. The summed E-state index contributed by atoms with van der Waals surface area (Å²) in [6, 6.07) is 1.97. The van der Waals surface area contributed by atoms with Crippen LogP contribution in [0.15, 0.2) is 34.9 Å². The fraction of sp³-hybridized carbons (Fsp3) is 0.389. The smallest absolute Gasteiger partial charge is 0.338 e. The molecule has 0 atom stereocenters. The molecule has 4 rings (SSSR count). The third-order valence-electron chi connectivity index (χ3n) is 4.75. The van der Waals surface area contributed by atoms with Crippen molar-refractivity contribution < 1.29 is 18.0 Å². The molecule has 2 amide bonds. The first kappa shape index (κ1) is 19.9. The van der Waals surface area contributed by atoms with Crippen LogP contribution in [0.25, 0.3) is 5.57 Å². The lowest BCUT2D eigenvalue weighted by Gasteiger charge is -2.39. The zero-order valence-electron chi connectivity index (χ0n) is 15.5. The summed E-state index contributed by atoms with van der Waals surface area (Å²) in [6.45, 7) is 3.55. The number of alkyl halides is 3. The molecular formula is C18H18F3N5OS2. The summed E-state index contributed by atoms with van der Waals surface area (Å²) in [5, 5.41) is 0.245. The van der Waals surface area contributed by atoms with Crippen molar-refractivity contribution in [1.82, 2.24) is 14.8 Å². The van der Waals surface area contributed by atoms with Crippen LogP contribution in [0.3, 0.4) is 0 Å². The molecule has 0 aromatic carbocycles. The maximum Gasteiger partial charge on any atom is 0.425 e. The van der Waals surface area contributed by atoms with E-state index in [9.17, 15) is 18.0 Å². The molecule has 2 aliphatic heterocycles. The first-order valence-corrected chi connectivity index (χ1v) is 10.7. The second kappa shape index (κ2) is 7.79. The van der Waals surface area contributed by atoms with Crippen LogP contribution in [0.2, 0.25) is 0 Å².